The Morgan fingerprint density at radius 2 is 2.47 bits per heavy atom. The summed E-state index contributed by atoms with van der Waals surface area (Å²) in [5, 5.41) is 3.40. The summed E-state index contributed by atoms with van der Waals surface area (Å²) >= 11 is 0. The van der Waals surface area contributed by atoms with Crippen molar-refractivity contribution in [3.05, 3.63) is 29.8 Å². The fourth-order valence-corrected chi connectivity index (χ4v) is 2.39. The molecule has 1 saturated heterocycles. The molecular formula is C14H22FN3O. The van der Waals surface area contributed by atoms with Crippen LogP contribution in [-0.4, -0.2) is 49.3 Å². The van der Waals surface area contributed by atoms with E-state index in [1.807, 2.05) is 0 Å². The molecule has 1 aromatic heterocycles. The third kappa shape index (κ3) is 3.72. The van der Waals surface area contributed by atoms with Crippen LogP contribution in [0.15, 0.2) is 18.5 Å². The molecule has 2 heterocycles. The zero-order chi connectivity index (χ0) is 13.7. The van der Waals surface area contributed by atoms with Crippen LogP contribution < -0.4 is 5.32 Å². The number of ether oxygens (including phenoxy) is 1. The summed E-state index contributed by atoms with van der Waals surface area (Å²) in [5.74, 6) is -0.270. The van der Waals surface area contributed by atoms with Gasteiger partial charge in [0.2, 0.25) is 0 Å². The van der Waals surface area contributed by atoms with E-state index in [1.54, 1.807) is 12.3 Å². The Balaban J connectivity index is 2.17. The Labute approximate surface area is 114 Å². The Morgan fingerprint density at radius 1 is 1.63 bits per heavy atom. The second-order valence-corrected chi connectivity index (χ2v) is 5.00. The predicted molar refractivity (Wildman–Crippen MR) is 72.5 cm³/mol. The van der Waals surface area contributed by atoms with Crippen molar-refractivity contribution in [2.45, 2.75) is 25.5 Å². The average Bonchev–Trinajstić information content (AvgIpc) is 2.41. The third-order valence-corrected chi connectivity index (χ3v) is 3.42. The number of rotatable bonds is 5. The van der Waals surface area contributed by atoms with Crippen LogP contribution in [0.25, 0.3) is 0 Å². The van der Waals surface area contributed by atoms with E-state index in [0.29, 0.717) is 12.2 Å². The maximum Gasteiger partial charge on any atom is 0.146 e. The molecule has 0 spiro atoms. The summed E-state index contributed by atoms with van der Waals surface area (Å²) in [6.07, 6.45) is 3.88. The zero-order valence-electron chi connectivity index (χ0n) is 11.6. The number of nitrogens with one attached hydrogen (secondary N) is 1. The second-order valence-electron chi connectivity index (χ2n) is 5.00. The molecule has 19 heavy (non-hydrogen) atoms. The summed E-state index contributed by atoms with van der Waals surface area (Å²) in [6, 6.07) is 1.62. The highest BCUT2D eigenvalue weighted by molar-refractivity contribution is 5.19. The van der Waals surface area contributed by atoms with E-state index in [2.05, 4.69) is 29.2 Å². The van der Waals surface area contributed by atoms with Gasteiger partial charge in [0.1, 0.15) is 5.82 Å². The van der Waals surface area contributed by atoms with Crippen LogP contribution in [0.3, 0.4) is 0 Å². The molecule has 1 N–H and O–H groups in total. The van der Waals surface area contributed by atoms with E-state index in [1.165, 1.54) is 6.20 Å². The Bertz CT molecular complexity index is 402. The Kier molecular flexibility index (Phi) is 5.24. The van der Waals surface area contributed by atoms with Crippen molar-refractivity contribution in [2.75, 3.05) is 33.3 Å². The van der Waals surface area contributed by atoms with Gasteiger partial charge in [-0.15, -0.1) is 0 Å². The number of aromatic nitrogens is 1. The molecule has 0 aromatic carbocycles. The normalized spacial score (nSPS) is 22.4. The molecule has 0 radical (unpaired) electrons. The van der Waals surface area contributed by atoms with Gasteiger partial charge >= 0.3 is 0 Å². The molecule has 1 aromatic rings. The highest BCUT2D eigenvalue weighted by Crippen LogP contribution is 2.24. The molecular weight excluding hydrogens is 245 g/mol. The van der Waals surface area contributed by atoms with Gasteiger partial charge in [-0.05, 0) is 26.1 Å². The highest BCUT2D eigenvalue weighted by Gasteiger charge is 2.29. The number of hydrogen-bond donors (Lipinski definition) is 1. The van der Waals surface area contributed by atoms with Crippen molar-refractivity contribution in [1.82, 2.24) is 15.2 Å². The SMILES string of the molecule is CCCNC(c1ccncc1F)C1CN(C)CCO1. The van der Waals surface area contributed by atoms with Gasteiger partial charge in [-0.25, -0.2) is 4.39 Å². The van der Waals surface area contributed by atoms with Crippen molar-refractivity contribution < 1.29 is 9.13 Å². The fraction of sp³-hybridized carbons (Fsp3) is 0.643. The van der Waals surface area contributed by atoms with E-state index in [9.17, 15) is 4.39 Å². The lowest BCUT2D eigenvalue weighted by atomic mass is 10.0. The monoisotopic (exact) mass is 267 g/mol. The topological polar surface area (TPSA) is 37.4 Å². The highest BCUT2D eigenvalue weighted by atomic mass is 19.1. The van der Waals surface area contributed by atoms with E-state index in [4.69, 9.17) is 4.74 Å². The van der Waals surface area contributed by atoms with E-state index in [-0.39, 0.29) is 18.0 Å². The summed E-state index contributed by atoms with van der Waals surface area (Å²) in [7, 11) is 2.06. The third-order valence-electron chi connectivity index (χ3n) is 3.42. The number of morpholine rings is 1. The molecule has 0 aliphatic carbocycles. The first-order chi connectivity index (χ1) is 9.22. The van der Waals surface area contributed by atoms with Gasteiger partial charge in [-0.2, -0.15) is 0 Å². The molecule has 1 fully saturated rings. The predicted octanol–water partition coefficient (Wildman–Crippen LogP) is 1.59. The van der Waals surface area contributed by atoms with Crippen LogP contribution in [0.4, 0.5) is 4.39 Å². The van der Waals surface area contributed by atoms with Crippen LogP contribution in [0, 0.1) is 5.82 Å². The van der Waals surface area contributed by atoms with Gasteiger partial charge in [0.05, 0.1) is 24.9 Å². The first-order valence-electron chi connectivity index (χ1n) is 6.85. The van der Waals surface area contributed by atoms with Crippen LogP contribution in [0.1, 0.15) is 24.9 Å². The van der Waals surface area contributed by atoms with Crippen LogP contribution in [0.2, 0.25) is 0 Å². The molecule has 2 rings (SSSR count). The van der Waals surface area contributed by atoms with Crippen molar-refractivity contribution in [3.8, 4) is 0 Å². The molecule has 2 atom stereocenters. The first kappa shape index (κ1) is 14.4. The number of likely N-dealkylation sites (N-methyl/N-ethyl adjacent to an activating group) is 1. The molecule has 1 aliphatic rings. The van der Waals surface area contributed by atoms with E-state index >= 15 is 0 Å². The molecule has 0 saturated carbocycles. The van der Waals surface area contributed by atoms with E-state index in [0.717, 1.165) is 26.1 Å². The molecule has 4 nitrogen and oxygen atoms in total. The number of halogens is 1. The molecule has 2 unspecified atom stereocenters. The zero-order valence-corrected chi connectivity index (χ0v) is 11.6. The molecule has 1 aliphatic heterocycles. The lowest BCUT2D eigenvalue weighted by molar-refractivity contribution is -0.0398. The van der Waals surface area contributed by atoms with Gasteiger partial charge in [-0.3, -0.25) is 4.98 Å². The van der Waals surface area contributed by atoms with Gasteiger partial charge in [0.15, 0.2) is 0 Å². The van der Waals surface area contributed by atoms with Crippen LogP contribution in [0.5, 0.6) is 0 Å². The van der Waals surface area contributed by atoms with Crippen molar-refractivity contribution >= 4 is 0 Å². The summed E-state index contributed by atoms with van der Waals surface area (Å²) in [4.78, 5) is 6.03. The Hall–Kier alpha value is -1.04. The lowest BCUT2D eigenvalue weighted by Crippen LogP contribution is -2.47. The largest absolute Gasteiger partial charge is 0.374 e. The molecule has 0 amide bonds. The standard InChI is InChI=1S/C14H22FN3O/c1-3-5-17-14(11-4-6-16-9-12(11)15)13-10-18(2)7-8-19-13/h4,6,9,13-14,17H,3,5,7-8,10H2,1-2H3. The minimum Gasteiger partial charge on any atom is -0.374 e. The van der Waals surface area contributed by atoms with E-state index < -0.39 is 0 Å². The van der Waals surface area contributed by atoms with Gasteiger partial charge in [0, 0.05) is 24.8 Å². The lowest BCUT2D eigenvalue weighted by Gasteiger charge is -2.36. The minimum absolute atomic E-state index is 0.0257. The smallest absolute Gasteiger partial charge is 0.146 e. The number of nitrogens with zero attached hydrogens (tertiary/aromatic N) is 2. The van der Waals surface area contributed by atoms with Crippen molar-refractivity contribution in [2.24, 2.45) is 0 Å². The van der Waals surface area contributed by atoms with Crippen LogP contribution in [-0.2, 0) is 4.74 Å². The molecule has 106 valence electrons. The second kappa shape index (κ2) is 6.93. The number of pyridine rings is 1. The molecule has 5 heteroatoms. The van der Waals surface area contributed by atoms with Crippen molar-refractivity contribution in [1.29, 1.82) is 0 Å². The van der Waals surface area contributed by atoms with Gasteiger partial charge in [0.25, 0.3) is 0 Å². The summed E-state index contributed by atoms with van der Waals surface area (Å²) in [5.41, 5.74) is 0.642. The van der Waals surface area contributed by atoms with Crippen LogP contribution >= 0.6 is 0 Å². The number of hydrogen-bond acceptors (Lipinski definition) is 4. The fourth-order valence-electron chi connectivity index (χ4n) is 2.39. The first-order valence-corrected chi connectivity index (χ1v) is 6.85. The maximum absolute atomic E-state index is 13.9. The minimum atomic E-state index is -0.270. The van der Waals surface area contributed by atoms with Gasteiger partial charge in [-0.1, -0.05) is 6.92 Å². The van der Waals surface area contributed by atoms with Crippen molar-refractivity contribution in [3.63, 3.8) is 0 Å². The quantitative estimate of drug-likeness (QED) is 0.879. The summed E-state index contributed by atoms with van der Waals surface area (Å²) in [6.45, 7) is 5.37. The average molecular weight is 267 g/mol. The maximum atomic E-state index is 13.9. The van der Waals surface area contributed by atoms with Gasteiger partial charge < -0.3 is 15.0 Å². The summed E-state index contributed by atoms with van der Waals surface area (Å²) < 4.78 is 19.8. The Morgan fingerprint density at radius 3 is 3.16 bits per heavy atom. The molecule has 0 bridgehead atoms.